The van der Waals surface area contributed by atoms with Crippen LogP contribution in [-0.2, 0) is 25.3 Å². The summed E-state index contributed by atoms with van der Waals surface area (Å²) in [5.41, 5.74) is 0.325. The van der Waals surface area contributed by atoms with Crippen LogP contribution in [0.2, 0.25) is 0 Å². The van der Waals surface area contributed by atoms with E-state index in [1.807, 2.05) is 0 Å². The number of nitrogens with zero attached hydrogens (tertiary/aromatic N) is 3. The van der Waals surface area contributed by atoms with Gasteiger partial charge in [-0.15, -0.1) is 24.5 Å². The highest BCUT2D eigenvalue weighted by Gasteiger charge is 2.31. The molecule has 4 rings (SSSR count). The fourth-order valence-electron chi connectivity index (χ4n) is 3.41. The molecule has 0 aliphatic rings. The van der Waals surface area contributed by atoms with E-state index in [1.165, 1.54) is 42.9 Å². The lowest BCUT2D eigenvalue weighted by molar-refractivity contribution is -0.274. The Morgan fingerprint density at radius 2 is 1.85 bits per heavy atom. The Morgan fingerprint density at radius 3 is 2.50 bits per heavy atom. The zero-order chi connectivity index (χ0) is 24.8. The van der Waals surface area contributed by atoms with Crippen molar-refractivity contribution in [1.82, 2.24) is 14.1 Å². The molecule has 0 bridgehead atoms. The van der Waals surface area contributed by atoms with Gasteiger partial charge in [-0.05, 0) is 31.2 Å². The number of carbonyl (C=O) groups excluding carboxylic acids is 1. The van der Waals surface area contributed by atoms with Crippen LogP contribution in [0.5, 0.6) is 5.75 Å². The maximum atomic E-state index is 12.7. The van der Waals surface area contributed by atoms with Crippen molar-refractivity contribution < 1.29 is 27.1 Å². The largest absolute Gasteiger partial charge is 0.573 e. The maximum absolute atomic E-state index is 12.7. The number of fused-ring (bicyclic) bond motifs is 1. The fraction of sp³-hybridized carbons (Fsp3) is 0.238. The second-order valence-electron chi connectivity index (χ2n) is 7.36. The van der Waals surface area contributed by atoms with E-state index in [1.54, 1.807) is 12.3 Å². The van der Waals surface area contributed by atoms with Crippen LogP contribution < -0.4 is 21.3 Å². The van der Waals surface area contributed by atoms with Gasteiger partial charge in [-0.3, -0.25) is 18.7 Å². The number of amides is 1. The van der Waals surface area contributed by atoms with Crippen molar-refractivity contribution in [3.8, 4) is 17.0 Å². The summed E-state index contributed by atoms with van der Waals surface area (Å²) in [6, 6.07) is 5.17. The first-order valence-electron chi connectivity index (χ1n) is 9.74. The van der Waals surface area contributed by atoms with Crippen molar-refractivity contribution >= 4 is 33.5 Å². The first-order valence-corrected chi connectivity index (χ1v) is 10.6. The molecule has 1 amide bonds. The molecule has 0 saturated heterocycles. The van der Waals surface area contributed by atoms with Gasteiger partial charge in [0.2, 0.25) is 11.6 Å². The van der Waals surface area contributed by atoms with Crippen molar-refractivity contribution in [2.45, 2.75) is 19.7 Å². The number of aromatic nitrogens is 3. The van der Waals surface area contributed by atoms with Crippen LogP contribution in [0.25, 0.3) is 22.4 Å². The van der Waals surface area contributed by atoms with Crippen molar-refractivity contribution in [3.05, 3.63) is 61.8 Å². The highest BCUT2D eigenvalue weighted by molar-refractivity contribution is 7.14. The van der Waals surface area contributed by atoms with E-state index in [0.29, 0.717) is 22.6 Å². The van der Waals surface area contributed by atoms with E-state index >= 15 is 0 Å². The van der Waals surface area contributed by atoms with E-state index in [-0.39, 0.29) is 28.4 Å². The van der Waals surface area contributed by atoms with Crippen LogP contribution in [0.15, 0.2) is 43.7 Å². The van der Waals surface area contributed by atoms with E-state index in [2.05, 4.69) is 15.0 Å². The number of nitrogens with one attached hydrogen (secondary N) is 1. The molecule has 1 aromatic carbocycles. The van der Waals surface area contributed by atoms with Gasteiger partial charge in [0, 0.05) is 30.6 Å². The van der Waals surface area contributed by atoms with Crippen molar-refractivity contribution in [2.75, 3.05) is 5.32 Å². The summed E-state index contributed by atoms with van der Waals surface area (Å²) in [5, 5.41) is 4.70. The maximum Gasteiger partial charge on any atom is 0.573 e. The Bertz CT molecular complexity index is 1510. The van der Waals surface area contributed by atoms with E-state index in [0.717, 1.165) is 15.9 Å². The van der Waals surface area contributed by atoms with Gasteiger partial charge in [0.1, 0.15) is 16.9 Å². The van der Waals surface area contributed by atoms with Crippen molar-refractivity contribution in [2.24, 2.45) is 14.1 Å². The minimum absolute atomic E-state index is 0.0860. The van der Waals surface area contributed by atoms with Crippen molar-refractivity contribution in [1.29, 1.82) is 0 Å². The van der Waals surface area contributed by atoms with E-state index in [9.17, 15) is 27.6 Å². The summed E-state index contributed by atoms with van der Waals surface area (Å²) in [5.74, 6) is -0.479. The minimum Gasteiger partial charge on any atom is -0.444 e. The molecule has 9 nitrogen and oxygen atoms in total. The molecule has 0 spiro atoms. The molecule has 0 atom stereocenters. The van der Waals surface area contributed by atoms with Crippen LogP contribution in [0.4, 0.5) is 18.3 Å². The number of carbonyl (C=O) groups is 1. The van der Waals surface area contributed by atoms with Crippen LogP contribution in [0.1, 0.15) is 11.3 Å². The highest BCUT2D eigenvalue weighted by Crippen LogP contribution is 2.29. The van der Waals surface area contributed by atoms with E-state index in [4.69, 9.17) is 4.42 Å². The molecule has 0 aliphatic heterocycles. The Kier molecular flexibility index (Phi) is 5.81. The van der Waals surface area contributed by atoms with Gasteiger partial charge < -0.3 is 14.5 Å². The molecule has 0 fully saturated rings. The lowest BCUT2D eigenvalue weighted by Gasteiger charge is -2.08. The Hall–Kier alpha value is -3.87. The number of halogens is 3. The molecule has 3 aromatic heterocycles. The third kappa shape index (κ3) is 4.46. The van der Waals surface area contributed by atoms with Gasteiger partial charge >= 0.3 is 12.1 Å². The molecular weight excluding hydrogens is 477 g/mol. The Balaban J connectivity index is 1.52. The summed E-state index contributed by atoms with van der Waals surface area (Å²) in [7, 11) is 2.81. The number of hydrogen-bond donors (Lipinski definition) is 1. The number of benzene rings is 1. The van der Waals surface area contributed by atoms with Gasteiger partial charge in [0.15, 0.2) is 5.13 Å². The summed E-state index contributed by atoms with van der Waals surface area (Å²) in [6.07, 6.45) is -4.97. The number of alkyl halides is 3. The second kappa shape index (κ2) is 8.48. The molecule has 0 aliphatic carbocycles. The van der Waals surface area contributed by atoms with Crippen LogP contribution in [-0.4, -0.2) is 26.4 Å². The molecule has 34 heavy (non-hydrogen) atoms. The third-order valence-electron chi connectivity index (χ3n) is 5.06. The predicted octanol–water partition coefficient (Wildman–Crippen LogP) is 3.34. The lowest BCUT2D eigenvalue weighted by atomic mass is 10.1. The molecule has 3 heterocycles. The van der Waals surface area contributed by atoms with Gasteiger partial charge in [0.05, 0.1) is 12.1 Å². The molecule has 0 radical (unpaired) electrons. The molecule has 1 N–H and O–H groups in total. The van der Waals surface area contributed by atoms with Crippen LogP contribution in [0, 0.1) is 6.92 Å². The number of hydrogen-bond acceptors (Lipinski definition) is 7. The van der Waals surface area contributed by atoms with Crippen LogP contribution in [0.3, 0.4) is 0 Å². The molecule has 178 valence electrons. The SMILES string of the molecule is Cc1oc2c(c1CC(=O)Nc1nc(-c3ccc(OC(F)(F)F)cc3)cs1)c(=O)n(C)c(=O)n2C. The third-order valence-corrected chi connectivity index (χ3v) is 5.82. The number of furan rings is 1. The molecule has 0 unspecified atom stereocenters. The molecular formula is C21H17F3N4O5S. The number of thiazole rings is 1. The second-order valence-corrected chi connectivity index (χ2v) is 8.22. The lowest BCUT2D eigenvalue weighted by Crippen LogP contribution is -2.36. The summed E-state index contributed by atoms with van der Waals surface area (Å²) >= 11 is 1.13. The molecule has 13 heteroatoms. The summed E-state index contributed by atoms with van der Waals surface area (Å²) < 4.78 is 48.5. The minimum atomic E-state index is -4.78. The number of ether oxygens (including phenoxy) is 1. The fourth-order valence-corrected chi connectivity index (χ4v) is 4.15. The average Bonchev–Trinajstić information content (AvgIpc) is 3.35. The van der Waals surface area contributed by atoms with Gasteiger partial charge in [0.25, 0.3) is 5.56 Å². The van der Waals surface area contributed by atoms with E-state index < -0.39 is 23.5 Å². The highest BCUT2D eigenvalue weighted by atomic mass is 32.1. The van der Waals surface area contributed by atoms with Crippen molar-refractivity contribution in [3.63, 3.8) is 0 Å². The monoisotopic (exact) mass is 494 g/mol. The topological polar surface area (TPSA) is 108 Å². The first kappa shape index (κ1) is 23.3. The average molecular weight is 494 g/mol. The Labute approximate surface area is 193 Å². The normalized spacial score (nSPS) is 11.7. The molecule has 0 saturated carbocycles. The standard InChI is InChI=1S/C21H17F3N4O5S/c1-10-13(16-17(30)27(2)20(31)28(3)18(16)32-10)8-15(29)26-19-25-14(9-34-19)11-4-6-12(7-5-11)33-21(22,23)24/h4-7,9H,8H2,1-3H3,(H,25,26,29). The van der Waals surface area contributed by atoms with Gasteiger partial charge in [-0.2, -0.15) is 0 Å². The van der Waals surface area contributed by atoms with Gasteiger partial charge in [-0.25, -0.2) is 9.78 Å². The first-order chi connectivity index (χ1) is 15.9. The smallest absolute Gasteiger partial charge is 0.444 e. The predicted molar refractivity (Wildman–Crippen MR) is 118 cm³/mol. The quantitative estimate of drug-likeness (QED) is 0.456. The van der Waals surface area contributed by atoms with Gasteiger partial charge in [-0.1, -0.05) is 0 Å². The Morgan fingerprint density at radius 1 is 1.18 bits per heavy atom. The number of anilines is 1. The zero-order valence-electron chi connectivity index (χ0n) is 18.0. The molecule has 4 aromatic rings. The summed E-state index contributed by atoms with van der Waals surface area (Å²) in [6.45, 7) is 1.60. The summed E-state index contributed by atoms with van der Waals surface area (Å²) in [4.78, 5) is 41.7. The van der Waals surface area contributed by atoms with Crippen LogP contribution >= 0.6 is 11.3 Å². The number of aryl methyl sites for hydroxylation is 2. The number of rotatable bonds is 5. The zero-order valence-corrected chi connectivity index (χ0v) is 18.8.